The van der Waals surface area contributed by atoms with Gasteiger partial charge in [0, 0.05) is 19.3 Å². The fourth-order valence-corrected chi connectivity index (χ4v) is 1.14. The highest BCUT2D eigenvalue weighted by Crippen LogP contribution is 2.15. The Labute approximate surface area is 80.6 Å². The Morgan fingerprint density at radius 1 is 1.38 bits per heavy atom. The molecule has 2 nitrogen and oxygen atoms in total. The number of pyridine rings is 1. The van der Waals surface area contributed by atoms with Gasteiger partial charge in [-0.15, -0.1) is 0 Å². The molecule has 0 fully saturated rings. The summed E-state index contributed by atoms with van der Waals surface area (Å²) in [5.74, 6) is 1.57. The molecule has 1 aromatic rings. The lowest BCUT2D eigenvalue weighted by Gasteiger charge is -2.16. The second kappa shape index (κ2) is 4.26. The van der Waals surface area contributed by atoms with Crippen molar-refractivity contribution in [3.05, 3.63) is 23.9 Å². The fourth-order valence-electron chi connectivity index (χ4n) is 1.14. The normalized spacial score (nSPS) is 10.5. The van der Waals surface area contributed by atoms with Crippen LogP contribution >= 0.6 is 0 Å². The van der Waals surface area contributed by atoms with Crippen molar-refractivity contribution in [2.24, 2.45) is 0 Å². The highest BCUT2D eigenvalue weighted by Gasteiger charge is 2.03. The summed E-state index contributed by atoms with van der Waals surface area (Å²) in [5, 5.41) is 0. The maximum Gasteiger partial charge on any atom is 0.128 e. The van der Waals surface area contributed by atoms with E-state index in [1.807, 2.05) is 0 Å². The van der Waals surface area contributed by atoms with Gasteiger partial charge in [0.05, 0.1) is 0 Å². The maximum atomic E-state index is 4.57. The molecule has 72 valence electrons. The van der Waals surface area contributed by atoms with E-state index in [-0.39, 0.29) is 0 Å². The second-order valence-corrected chi connectivity index (χ2v) is 3.59. The molecule has 0 aromatic carbocycles. The Morgan fingerprint density at radius 2 is 2.08 bits per heavy atom. The minimum absolute atomic E-state index is 0.505. The van der Waals surface area contributed by atoms with E-state index < -0.39 is 0 Å². The largest absolute Gasteiger partial charge is 0.360 e. The zero-order valence-corrected chi connectivity index (χ0v) is 8.91. The molecule has 0 atom stereocenters. The molecule has 0 N–H and O–H groups in total. The van der Waals surface area contributed by atoms with Crippen LogP contribution in [0.15, 0.2) is 18.2 Å². The van der Waals surface area contributed by atoms with Crippen molar-refractivity contribution in [2.45, 2.75) is 26.7 Å². The van der Waals surface area contributed by atoms with Crippen LogP contribution in [0.3, 0.4) is 0 Å². The van der Waals surface area contributed by atoms with E-state index in [1.165, 1.54) is 0 Å². The molecule has 2 heteroatoms. The fraction of sp³-hybridized carbons (Fsp3) is 0.545. The van der Waals surface area contributed by atoms with Gasteiger partial charge in [0.2, 0.25) is 0 Å². The third-order valence-corrected chi connectivity index (χ3v) is 2.21. The van der Waals surface area contributed by atoms with Crippen LogP contribution in [0.2, 0.25) is 0 Å². The van der Waals surface area contributed by atoms with Crippen LogP contribution in [0.5, 0.6) is 0 Å². The van der Waals surface area contributed by atoms with E-state index in [0.29, 0.717) is 5.92 Å². The van der Waals surface area contributed by atoms with Crippen LogP contribution < -0.4 is 4.90 Å². The quantitative estimate of drug-likeness (QED) is 0.707. The molecule has 0 bridgehead atoms. The van der Waals surface area contributed by atoms with Crippen molar-refractivity contribution in [1.82, 2.24) is 4.98 Å². The van der Waals surface area contributed by atoms with Gasteiger partial charge in [-0.3, -0.25) is 0 Å². The molecule has 0 saturated carbocycles. The first-order valence-corrected chi connectivity index (χ1v) is 4.83. The first kappa shape index (κ1) is 10.0. The van der Waals surface area contributed by atoms with Crippen LogP contribution in [-0.4, -0.2) is 18.6 Å². The highest BCUT2D eigenvalue weighted by molar-refractivity contribution is 5.38. The van der Waals surface area contributed by atoms with Crippen molar-refractivity contribution in [1.29, 1.82) is 0 Å². The monoisotopic (exact) mass is 178 g/mol. The van der Waals surface area contributed by atoms with Crippen molar-refractivity contribution >= 4 is 5.82 Å². The Bertz CT molecular complexity index is 269. The van der Waals surface area contributed by atoms with Gasteiger partial charge >= 0.3 is 0 Å². The van der Waals surface area contributed by atoms with Gasteiger partial charge in [0.25, 0.3) is 0 Å². The van der Waals surface area contributed by atoms with E-state index in [2.05, 4.69) is 55.9 Å². The smallest absolute Gasteiger partial charge is 0.128 e. The third kappa shape index (κ3) is 2.44. The lowest BCUT2D eigenvalue weighted by atomic mass is 10.1. The lowest BCUT2D eigenvalue weighted by molar-refractivity contribution is 0.811. The number of hydrogen-bond acceptors (Lipinski definition) is 2. The molecule has 0 aliphatic rings. The molecule has 0 aliphatic heterocycles. The standard InChI is InChI=1S/C11H18N2/c1-5-13(4)11-8-6-7-10(12-11)9(2)3/h6-9H,5H2,1-4H3. The molecular weight excluding hydrogens is 160 g/mol. The van der Waals surface area contributed by atoms with Crippen molar-refractivity contribution in [3.63, 3.8) is 0 Å². The molecule has 13 heavy (non-hydrogen) atoms. The minimum Gasteiger partial charge on any atom is -0.360 e. The predicted molar refractivity (Wildman–Crippen MR) is 57.3 cm³/mol. The maximum absolute atomic E-state index is 4.57. The summed E-state index contributed by atoms with van der Waals surface area (Å²) in [6, 6.07) is 6.21. The van der Waals surface area contributed by atoms with Crippen molar-refractivity contribution in [2.75, 3.05) is 18.5 Å². The van der Waals surface area contributed by atoms with Crippen LogP contribution in [-0.2, 0) is 0 Å². The third-order valence-electron chi connectivity index (χ3n) is 2.21. The van der Waals surface area contributed by atoms with Gasteiger partial charge in [-0.25, -0.2) is 4.98 Å². The summed E-state index contributed by atoms with van der Waals surface area (Å²) in [4.78, 5) is 6.71. The number of rotatable bonds is 3. The first-order chi connectivity index (χ1) is 6.15. The molecule has 0 unspecified atom stereocenters. The van der Waals surface area contributed by atoms with E-state index in [1.54, 1.807) is 0 Å². The van der Waals surface area contributed by atoms with E-state index >= 15 is 0 Å². The average molecular weight is 178 g/mol. The van der Waals surface area contributed by atoms with Gasteiger partial charge in [-0.2, -0.15) is 0 Å². The Morgan fingerprint density at radius 3 is 2.62 bits per heavy atom. The second-order valence-electron chi connectivity index (χ2n) is 3.59. The van der Waals surface area contributed by atoms with E-state index in [9.17, 15) is 0 Å². The van der Waals surface area contributed by atoms with E-state index in [4.69, 9.17) is 0 Å². The molecule has 0 aliphatic carbocycles. The molecule has 0 radical (unpaired) electrons. The predicted octanol–water partition coefficient (Wildman–Crippen LogP) is 2.66. The first-order valence-electron chi connectivity index (χ1n) is 4.83. The van der Waals surface area contributed by atoms with Crippen molar-refractivity contribution in [3.8, 4) is 0 Å². The van der Waals surface area contributed by atoms with Gasteiger partial charge < -0.3 is 4.90 Å². The topological polar surface area (TPSA) is 16.1 Å². The summed E-state index contributed by atoms with van der Waals surface area (Å²) in [5.41, 5.74) is 1.16. The average Bonchev–Trinajstić information content (AvgIpc) is 2.17. The van der Waals surface area contributed by atoms with Gasteiger partial charge in [0.1, 0.15) is 5.82 Å². The van der Waals surface area contributed by atoms with Crippen LogP contribution in [0, 0.1) is 0 Å². The van der Waals surface area contributed by atoms with Crippen LogP contribution in [0.4, 0.5) is 5.82 Å². The summed E-state index contributed by atoms with van der Waals surface area (Å²) in [6.45, 7) is 7.45. The molecule has 0 saturated heterocycles. The summed E-state index contributed by atoms with van der Waals surface area (Å²) >= 11 is 0. The molecule has 1 aromatic heterocycles. The number of aromatic nitrogens is 1. The number of hydrogen-bond donors (Lipinski definition) is 0. The van der Waals surface area contributed by atoms with Crippen LogP contribution in [0.25, 0.3) is 0 Å². The molecule has 1 rings (SSSR count). The highest BCUT2D eigenvalue weighted by atomic mass is 15.2. The van der Waals surface area contributed by atoms with E-state index in [0.717, 1.165) is 18.1 Å². The number of nitrogens with zero attached hydrogens (tertiary/aromatic N) is 2. The molecule has 0 spiro atoms. The summed E-state index contributed by atoms with van der Waals surface area (Å²) < 4.78 is 0. The lowest BCUT2D eigenvalue weighted by Crippen LogP contribution is -2.17. The minimum atomic E-state index is 0.505. The zero-order valence-electron chi connectivity index (χ0n) is 8.91. The molecule has 1 heterocycles. The summed E-state index contributed by atoms with van der Waals surface area (Å²) in [6.07, 6.45) is 0. The molecule has 0 amide bonds. The zero-order chi connectivity index (χ0) is 9.84. The molecular formula is C11H18N2. The summed E-state index contributed by atoms with van der Waals surface area (Å²) in [7, 11) is 2.06. The number of anilines is 1. The van der Waals surface area contributed by atoms with Gasteiger partial charge in [0.15, 0.2) is 0 Å². The van der Waals surface area contributed by atoms with Gasteiger partial charge in [-0.1, -0.05) is 19.9 Å². The SMILES string of the molecule is CCN(C)c1cccc(C(C)C)n1. The van der Waals surface area contributed by atoms with Crippen molar-refractivity contribution < 1.29 is 0 Å². The van der Waals surface area contributed by atoms with Gasteiger partial charge in [-0.05, 0) is 25.0 Å². The Hall–Kier alpha value is -1.05. The Kier molecular flexibility index (Phi) is 3.29. The van der Waals surface area contributed by atoms with Crippen LogP contribution in [0.1, 0.15) is 32.4 Å². The Balaban J connectivity index is 2.91.